The molecule has 0 aromatic heterocycles. The number of likely N-dealkylation sites (tertiary alicyclic amines) is 1. The summed E-state index contributed by atoms with van der Waals surface area (Å²) in [5.74, 6) is 1.72. The quantitative estimate of drug-likeness (QED) is 0.447. The summed E-state index contributed by atoms with van der Waals surface area (Å²) in [5.41, 5.74) is 1.54. The van der Waals surface area contributed by atoms with Crippen LogP contribution in [0.1, 0.15) is 24.0 Å². The molecule has 3 aromatic rings. The molecule has 0 spiro atoms. The van der Waals surface area contributed by atoms with Gasteiger partial charge in [0.1, 0.15) is 5.60 Å². The third-order valence-electron chi connectivity index (χ3n) is 6.72. The number of aliphatic hydroxyl groups is 1. The molecule has 1 fully saturated rings. The lowest BCUT2D eigenvalue weighted by atomic mass is 9.72. The second-order valence-electron chi connectivity index (χ2n) is 8.60. The summed E-state index contributed by atoms with van der Waals surface area (Å²) >= 11 is 5.73. The van der Waals surface area contributed by atoms with E-state index in [0.29, 0.717) is 22.4 Å². The molecule has 0 atom stereocenters. The van der Waals surface area contributed by atoms with Crippen LogP contribution in [0.5, 0.6) is 17.2 Å². The minimum absolute atomic E-state index is 0.0625. The summed E-state index contributed by atoms with van der Waals surface area (Å²) < 4.78 is 16.3. The predicted octanol–water partition coefficient (Wildman–Crippen LogP) is 5.06. The monoisotopic (exact) mass is 492 g/mol. The summed E-state index contributed by atoms with van der Waals surface area (Å²) in [6.07, 6.45) is 1.61. The van der Waals surface area contributed by atoms with Gasteiger partial charge in [0, 0.05) is 30.9 Å². The number of hydrogen-bond donors (Lipinski definition) is 2. The predicted molar refractivity (Wildman–Crippen MR) is 142 cm³/mol. The maximum absolute atomic E-state index is 12.1. The van der Waals surface area contributed by atoms with E-state index in [0.717, 1.165) is 42.7 Å². The molecule has 7 heteroatoms. The zero-order valence-electron chi connectivity index (χ0n) is 20.4. The standard InChI is InChI=1S/C28H32N2O4S/c1-32-24-18-23(19-25(33-2)26(24)34-3)29-27(35)30-16-14-22(15-17-30)28(31,20-10-6-4-7-11-20)21-12-8-5-9-13-21/h4-13,18-19,22,31H,14-17H2,1-3H3,(H,29,35). The lowest BCUT2D eigenvalue weighted by Gasteiger charge is -2.43. The highest BCUT2D eigenvalue weighted by Crippen LogP contribution is 2.42. The van der Waals surface area contributed by atoms with Gasteiger partial charge < -0.3 is 29.5 Å². The lowest BCUT2D eigenvalue weighted by Crippen LogP contribution is -2.47. The Morgan fingerprint density at radius 2 is 1.34 bits per heavy atom. The van der Waals surface area contributed by atoms with Gasteiger partial charge in [0.2, 0.25) is 5.75 Å². The fourth-order valence-electron chi connectivity index (χ4n) is 4.88. The van der Waals surface area contributed by atoms with Gasteiger partial charge in [0.25, 0.3) is 0 Å². The van der Waals surface area contributed by atoms with E-state index < -0.39 is 5.60 Å². The Labute approximate surface area is 212 Å². The summed E-state index contributed by atoms with van der Waals surface area (Å²) in [7, 11) is 4.75. The highest BCUT2D eigenvalue weighted by molar-refractivity contribution is 7.80. The molecule has 6 nitrogen and oxygen atoms in total. The minimum Gasteiger partial charge on any atom is -0.493 e. The number of hydrogen-bond acceptors (Lipinski definition) is 5. The average molecular weight is 493 g/mol. The number of methoxy groups -OCH3 is 3. The van der Waals surface area contributed by atoms with E-state index in [-0.39, 0.29) is 5.92 Å². The Hall–Kier alpha value is -3.29. The van der Waals surface area contributed by atoms with Crippen LogP contribution in [0.4, 0.5) is 5.69 Å². The van der Waals surface area contributed by atoms with E-state index in [1.807, 2.05) is 72.8 Å². The minimum atomic E-state index is -1.06. The smallest absolute Gasteiger partial charge is 0.203 e. The second-order valence-corrected chi connectivity index (χ2v) is 8.99. The average Bonchev–Trinajstić information content (AvgIpc) is 2.93. The molecule has 184 valence electrons. The van der Waals surface area contributed by atoms with Crippen molar-refractivity contribution in [3.63, 3.8) is 0 Å². The molecular weight excluding hydrogens is 460 g/mol. The highest BCUT2D eigenvalue weighted by Gasteiger charge is 2.41. The van der Waals surface area contributed by atoms with Crippen LogP contribution in [-0.4, -0.2) is 49.5 Å². The Kier molecular flexibility index (Phi) is 7.78. The maximum Gasteiger partial charge on any atom is 0.203 e. The second kappa shape index (κ2) is 11.0. The Morgan fingerprint density at radius 3 is 1.77 bits per heavy atom. The van der Waals surface area contributed by atoms with Crippen LogP contribution < -0.4 is 19.5 Å². The SMILES string of the molecule is COc1cc(NC(=S)N2CCC(C(O)(c3ccccc3)c3ccccc3)CC2)cc(OC)c1OC. The number of anilines is 1. The van der Waals surface area contributed by atoms with E-state index in [4.69, 9.17) is 26.4 Å². The molecule has 0 bridgehead atoms. The first kappa shape index (κ1) is 24.8. The molecule has 0 saturated carbocycles. The molecule has 35 heavy (non-hydrogen) atoms. The number of rotatable bonds is 7. The molecule has 1 aliphatic rings. The first-order valence-corrected chi connectivity index (χ1v) is 12.1. The molecule has 1 aliphatic heterocycles. The third kappa shape index (κ3) is 5.06. The highest BCUT2D eigenvalue weighted by atomic mass is 32.1. The topological polar surface area (TPSA) is 63.2 Å². The molecule has 0 aliphatic carbocycles. The number of piperidine rings is 1. The van der Waals surface area contributed by atoms with Gasteiger partial charge in [-0.2, -0.15) is 0 Å². The van der Waals surface area contributed by atoms with Crippen LogP contribution in [-0.2, 0) is 5.60 Å². The molecule has 0 amide bonds. The van der Waals surface area contributed by atoms with Crippen LogP contribution in [0.2, 0.25) is 0 Å². The van der Waals surface area contributed by atoms with Crippen molar-refractivity contribution >= 4 is 23.0 Å². The first-order chi connectivity index (χ1) is 17.0. The molecule has 0 unspecified atom stereocenters. The number of benzene rings is 3. The summed E-state index contributed by atoms with van der Waals surface area (Å²) in [6.45, 7) is 1.48. The summed E-state index contributed by atoms with van der Waals surface area (Å²) in [6, 6.07) is 23.6. The molecular formula is C28H32N2O4S. The molecule has 2 N–H and O–H groups in total. The van der Waals surface area contributed by atoms with E-state index in [2.05, 4.69) is 10.2 Å². The number of thiocarbonyl (C=S) groups is 1. The van der Waals surface area contributed by atoms with Gasteiger partial charge in [-0.15, -0.1) is 0 Å². The van der Waals surface area contributed by atoms with Crippen LogP contribution in [0.15, 0.2) is 72.8 Å². The van der Waals surface area contributed by atoms with E-state index in [1.54, 1.807) is 21.3 Å². The molecule has 1 saturated heterocycles. The van der Waals surface area contributed by atoms with Crippen molar-refractivity contribution in [3.8, 4) is 17.2 Å². The van der Waals surface area contributed by atoms with Crippen molar-refractivity contribution < 1.29 is 19.3 Å². The van der Waals surface area contributed by atoms with E-state index >= 15 is 0 Å². The fraction of sp³-hybridized carbons (Fsp3) is 0.321. The zero-order valence-corrected chi connectivity index (χ0v) is 21.2. The molecule has 1 heterocycles. The Bertz CT molecular complexity index is 1070. The summed E-state index contributed by atoms with van der Waals surface area (Å²) in [4.78, 5) is 2.14. The lowest BCUT2D eigenvalue weighted by molar-refractivity contribution is -0.00631. The molecule has 3 aromatic carbocycles. The van der Waals surface area contributed by atoms with Crippen molar-refractivity contribution in [3.05, 3.63) is 83.9 Å². The van der Waals surface area contributed by atoms with Gasteiger partial charge in [0.05, 0.1) is 21.3 Å². The fourth-order valence-corrected chi connectivity index (χ4v) is 5.18. The van der Waals surface area contributed by atoms with Crippen molar-refractivity contribution in [1.82, 2.24) is 4.90 Å². The summed E-state index contributed by atoms with van der Waals surface area (Å²) in [5, 5.41) is 16.0. The van der Waals surface area contributed by atoms with Crippen molar-refractivity contribution in [2.24, 2.45) is 5.92 Å². The van der Waals surface area contributed by atoms with Gasteiger partial charge in [-0.3, -0.25) is 0 Å². The maximum atomic E-state index is 12.1. The number of nitrogens with one attached hydrogen (secondary N) is 1. The van der Waals surface area contributed by atoms with Crippen LogP contribution >= 0.6 is 12.2 Å². The van der Waals surface area contributed by atoms with Crippen LogP contribution in [0, 0.1) is 5.92 Å². The molecule has 0 radical (unpaired) electrons. The largest absolute Gasteiger partial charge is 0.493 e. The zero-order chi connectivity index (χ0) is 24.8. The van der Waals surface area contributed by atoms with Gasteiger partial charge in [-0.05, 0) is 42.1 Å². The van der Waals surface area contributed by atoms with Gasteiger partial charge >= 0.3 is 0 Å². The van der Waals surface area contributed by atoms with Gasteiger partial charge in [0.15, 0.2) is 16.6 Å². The normalized spacial score (nSPS) is 14.3. The van der Waals surface area contributed by atoms with Crippen molar-refractivity contribution in [1.29, 1.82) is 0 Å². The van der Waals surface area contributed by atoms with Crippen LogP contribution in [0.3, 0.4) is 0 Å². The van der Waals surface area contributed by atoms with Crippen molar-refractivity contribution in [2.75, 3.05) is 39.7 Å². The van der Waals surface area contributed by atoms with Gasteiger partial charge in [-0.25, -0.2) is 0 Å². The Balaban J connectivity index is 1.49. The van der Waals surface area contributed by atoms with E-state index in [9.17, 15) is 5.11 Å². The van der Waals surface area contributed by atoms with Crippen LogP contribution in [0.25, 0.3) is 0 Å². The first-order valence-electron chi connectivity index (χ1n) is 11.7. The molecule has 4 rings (SSSR count). The van der Waals surface area contributed by atoms with Gasteiger partial charge in [-0.1, -0.05) is 60.7 Å². The van der Waals surface area contributed by atoms with Crippen molar-refractivity contribution in [2.45, 2.75) is 18.4 Å². The number of nitrogens with zero attached hydrogens (tertiary/aromatic N) is 1. The third-order valence-corrected chi connectivity index (χ3v) is 7.08. The number of ether oxygens (including phenoxy) is 3. The Morgan fingerprint density at radius 1 is 0.857 bits per heavy atom. The van der Waals surface area contributed by atoms with E-state index in [1.165, 1.54) is 0 Å².